The summed E-state index contributed by atoms with van der Waals surface area (Å²) in [5.74, 6) is 1.36. The molecule has 4 aliphatic heterocycles. The maximum Gasteiger partial charge on any atom is 0.147 e. The van der Waals surface area contributed by atoms with E-state index in [0.29, 0.717) is 17.6 Å². The van der Waals surface area contributed by atoms with Crippen LogP contribution in [-0.4, -0.2) is 48.4 Å². The fourth-order valence-corrected chi connectivity index (χ4v) is 3.53. The highest BCUT2D eigenvalue weighted by atomic mass is 16.1. The Morgan fingerprint density at radius 2 is 1.86 bits per heavy atom. The van der Waals surface area contributed by atoms with Gasteiger partial charge in [-0.1, -0.05) is 13.8 Å². The number of hydrogen-bond donors (Lipinski definition) is 0. The zero-order valence-corrected chi connectivity index (χ0v) is 8.99. The van der Waals surface area contributed by atoms with E-state index in [-0.39, 0.29) is 5.41 Å². The van der Waals surface area contributed by atoms with Crippen LogP contribution in [0, 0.1) is 17.3 Å². The van der Waals surface area contributed by atoms with Gasteiger partial charge in [-0.2, -0.15) is 0 Å². The molecule has 4 aliphatic rings. The van der Waals surface area contributed by atoms with Crippen molar-refractivity contribution < 1.29 is 4.79 Å². The molecule has 0 aromatic carbocycles. The van der Waals surface area contributed by atoms with Gasteiger partial charge >= 0.3 is 0 Å². The second-order valence-corrected chi connectivity index (χ2v) is 5.54. The minimum Gasteiger partial charge on any atom is -0.299 e. The zero-order chi connectivity index (χ0) is 9.92. The largest absolute Gasteiger partial charge is 0.299 e. The lowest BCUT2D eigenvalue weighted by atomic mass is 9.63. The van der Waals surface area contributed by atoms with Crippen molar-refractivity contribution in [2.75, 3.05) is 32.8 Å². The van der Waals surface area contributed by atoms with Crippen LogP contribution in [0.25, 0.3) is 0 Å². The number of carbonyl (C=O) groups is 1. The van der Waals surface area contributed by atoms with E-state index in [0.717, 1.165) is 32.8 Å². The summed E-state index contributed by atoms with van der Waals surface area (Å²) >= 11 is 0. The Labute approximate surface area is 85.1 Å². The van der Waals surface area contributed by atoms with Crippen LogP contribution >= 0.6 is 0 Å². The average molecular weight is 194 g/mol. The van der Waals surface area contributed by atoms with Crippen molar-refractivity contribution in [1.29, 1.82) is 0 Å². The van der Waals surface area contributed by atoms with E-state index in [1.165, 1.54) is 0 Å². The molecule has 3 heteroatoms. The van der Waals surface area contributed by atoms with Crippen molar-refractivity contribution in [1.82, 2.24) is 9.80 Å². The first-order chi connectivity index (χ1) is 6.62. The van der Waals surface area contributed by atoms with Gasteiger partial charge in [-0.25, -0.2) is 0 Å². The van der Waals surface area contributed by atoms with Gasteiger partial charge < -0.3 is 0 Å². The van der Waals surface area contributed by atoms with Crippen LogP contribution in [0.3, 0.4) is 0 Å². The normalized spacial score (nSPS) is 50.5. The molecule has 2 atom stereocenters. The van der Waals surface area contributed by atoms with Crippen LogP contribution in [0.1, 0.15) is 13.8 Å². The van der Waals surface area contributed by atoms with E-state index in [9.17, 15) is 4.79 Å². The van der Waals surface area contributed by atoms with E-state index < -0.39 is 0 Å². The maximum absolute atomic E-state index is 12.3. The Hall–Kier alpha value is -0.410. The molecule has 0 radical (unpaired) electrons. The van der Waals surface area contributed by atoms with Crippen LogP contribution in [0.2, 0.25) is 0 Å². The van der Waals surface area contributed by atoms with Crippen molar-refractivity contribution in [3.05, 3.63) is 0 Å². The molecule has 4 saturated heterocycles. The Balaban J connectivity index is 2.01. The van der Waals surface area contributed by atoms with E-state index >= 15 is 0 Å². The van der Waals surface area contributed by atoms with E-state index in [1.54, 1.807) is 0 Å². The lowest BCUT2D eigenvalue weighted by Crippen LogP contribution is -2.72. The summed E-state index contributed by atoms with van der Waals surface area (Å²) in [7, 11) is 0. The molecule has 3 nitrogen and oxygen atoms in total. The Morgan fingerprint density at radius 1 is 1.29 bits per heavy atom. The standard InChI is InChI=1S/C11H18N2O/c1-8(2)11-5-12-3-9(10(11)14)4-13(6-11)7-12/h8-9H,3-7H2,1-2H3. The summed E-state index contributed by atoms with van der Waals surface area (Å²) < 4.78 is 0. The van der Waals surface area contributed by atoms with Gasteiger partial charge in [0.15, 0.2) is 0 Å². The number of piperidine rings is 2. The predicted octanol–water partition coefficient (Wildman–Crippen LogP) is 0.416. The molecule has 4 bridgehead atoms. The summed E-state index contributed by atoms with van der Waals surface area (Å²) in [6.07, 6.45) is 0. The monoisotopic (exact) mass is 194 g/mol. The molecule has 4 heterocycles. The topological polar surface area (TPSA) is 23.6 Å². The molecule has 0 amide bonds. The van der Waals surface area contributed by atoms with Gasteiger partial charge in [-0.05, 0) is 5.92 Å². The number of carbonyl (C=O) groups excluding carboxylic acids is 1. The number of nitrogens with zero attached hydrogens (tertiary/aromatic N) is 2. The Kier molecular flexibility index (Phi) is 1.63. The van der Waals surface area contributed by atoms with Crippen LogP contribution in [-0.2, 0) is 4.79 Å². The molecule has 0 aromatic heterocycles. The number of ketones is 1. The van der Waals surface area contributed by atoms with Crippen LogP contribution in [0.4, 0.5) is 0 Å². The van der Waals surface area contributed by atoms with E-state index in [4.69, 9.17) is 0 Å². The van der Waals surface area contributed by atoms with Gasteiger partial charge in [0, 0.05) is 32.1 Å². The Morgan fingerprint density at radius 3 is 2.36 bits per heavy atom. The molecule has 0 aliphatic carbocycles. The minimum absolute atomic E-state index is 0.0284. The first kappa shape index (κ1) is 8.86. The summed E-state index contributed by atoms with van der Waals surface area (Å²) in [6.45, 7) is 9.55. The first-order valence-electron chi connectivity index (χ1n) is 5.61. The Bertz CT molecular complexity index is 273. The van der Waals surface area contributed by atoms with Crippen molar-refractivity contribution in [2.24, 2.45) is 17.3 Å². The van der Waals surface area contributed by atoms with Gasteiger partial charge in [0.2, 0.25) is 0 Å². The molecule has 0 saturated carbocycles. The highest BCUT2D eigenvalue weighted by Gasteiger charge is 2.56. The molecule has 0 N–H and O–H groups in total. The summed E-state index contributed by atoms with van der Waals surface area (Å²) in [5, 5.41) is 0. The van der Waals surface area contributed by atoms with Gasteiger partial charge in [0.1, 0.15) is 5.78 Å². The predicted molar refractivity (Wildman–Crippen MR) is 53.8 cm³/mol. The highest BCUT2D eigenvalue weighted by Crippen LogP contribution is 2.44. The molecule has 0 spiro atoms. The molecular formula is C11H18N2O. The SMILES string of the molecule is CC(C)C12CN3CC(CN(C3)C1)C2=O. The van der Waals surface area contributed by atoms with Crippen molar-refractivity contribution in [2.45, 2.75) is 13.8 Å². The fourth-order valence-electron chi connectivity index (χ4n) is 3.53. The van der Waals surface area contributed by atoms with E-state index in [2.05, 4.69) is 23.6 Å². The van der Waals surface area contributed by atoms with Crippen LogP contribution < -0.4 is 0 Å². The van der Waals surface area contributed by atoms with Crippen LogP contribution in [0.5, 0.6) is 0 Å². The first-order valence-corrected chi connectivity index (χ1v) is 5.61. The fraction of sp³-hybridized carbons (Fsp3) is 0.909. The molecule has 0 aromatic rings. The number of rotatable bonds is 1. The van der Waals surface area contributed by atoms with Crippen molar-refractivity contribution >= 4 is 5.78 Å². The lowest BCUT2D eigenvalue weighted by Gasteiger charge is -2.59. The summed E-state index contributed by atoms with van der Waals surface area (Å²) in [6, 6.07) is 0. The number of hydrogen-bond acceptors (Lipinski definition) is 3. The van der Waals surface area contributed by atoms with Gasteiger partial charge in [-0.3, -0.25) is 14.6 Å². The molecule has 4 rings (SSSR count). The third-order valence-electron chi connectivity index (χ3n) is 4.34. The second-order valence-electron chi connectivity index (χ2n) is 5.54. The maximum atomic E-state index is 12.3. The van der Waals surface area contributed by atoms with Crippen molar-refractivity contribution in [3.8, 4) is 0 Å². The third-order valence-corrected chi connectivity index (χ3v) is 4.34. The summed E-state index contributed by atoms with van der Waals surface area (Å²) in [5.41, 5.74) is -0.0284. The molecule has 2 unspecified atom stereocenters. The molecular weight excluding hydrogens is 176 g/mol. The van der Waals surface area contributed by atoms with E-state index in [1.807, 2.05) is 0 Å². The molecule has 14 heavy (non-hydrogen) atoms. The van der Waals surface area contributed by atoms with Crippen molar-refractivity contribution in [3.63, 3.8) is 0 Å². The molecule has 78 valence electrons. The lowest BCUT2D eigenvalue weighted by molar-refractivity contribution is -0.171. The molecule has 4 fully saturated rings. The summed E-state index contributed by atoms with van der Waals surface area (Å²) in [4.78, 5) is 17.2. The van der Waals surface area contributed by atoms with Gasteiger partial charge in [-0.15, -0.1) is 0 Å². The van der Waals surface area contributed by atoms with Crippen LogP contribution in [0.15, 0.2) is 0 Å². The van der Waals surface area contributed by atoms with Gasteiger partial charge in [0.05, 0.1) is 12.1 Å². The smallest absolute Gasteiger partial charge is 0.147 e. The highest BCUT2D eigenvalue weighted by molar-refractivity contribution is 5.90. The number of Topliss-reactive ketones (excluding diaryl/α,β-unsaturated/α-hetero) is 1. The quantitative estimate of drug-likeness (QED) is 0.604. The third kappa shape index (κ3) is 0.920. The minimum atomic E-state index is -0.0284. The zero-order valence-electron chi connectivity index (χ0n) is 8.99. The second kappa shape index (κ2) is 2.58. The van der Waals surface area contributed by atoms with Gasteiger partial charge in [0.25, 0.3) is 0 Å². The average Bonchev–Trinajstić information content (AvgIpc) is 2.12.